The van der Waals surface area contributed by atoms with Gasteiger partial charge >= 0.3 is 98.9 Å². The van der Waals surface area contributed by atoms with Gasteiger partial charge in [-0.1, -0.05) is 84.5 Å². The monoisotopic (exact) mass is 717 g/mol. The van der Waals surface area contributed by atoms with Crippen molar-refractivity contribution < 1.29 is 48.7 Å². The van der Waals surface area contributed by atoms with E-state index >= 15 is 0 Å². The Morgan fingerprint density at radius 2 is 1.24 bits per heavy atom. The first-order chi connectivity index (χ1) is 17.4. The Kier molecular flexibility index (Phi) is 10.5. The van der Waals surface area contributed by atoms with E-state index in [1.165, 1.54) is 47.1 Å². The maximum atomic E-state index is 2.46. The summed E-state index contributed by atoms with van der Waals surface area (Å²) in [6.07, 6.45) is 5.99. The first-order valence-corrected chi connectivity index (χ1v) is 17.9. The molecular weight excluding hydrogens is 686 g/mol. The summed E-state index contributed by atoms with van der Waals surface area (Å²) in [4.78, 5) is 0. The van der Waals surface area contributed by atoms with E-state index in [4.69, 9.17) is 0 Å². The van der Waals surface area contributed by atoms with E-state index in [9.17, 15) is 0 Å². The van der Waals surface area contributed by atoms with Crippen LogP contribution in [0.15, 0.2) is 127 Å². The third kappa shape index (κ3) is 6.66. The van der Waals surface area contributed by atoms with Crippen LogP contribution in [0.3, 0.4) is 0 Å². The van der Waals surface area contributed by atoms with Crippen LogP contribution in [0.25, 0.3) is 27.1 Å². The Morgan fingerprint density at radius 3 is 1.82 bits per heavy atom. The average molecular weight is 717 g/mol. The fourth-order valence-electron chi connectivity index (χ4n) is 4.87. The second-order valence-corrected chi connectivity index (χ2v) is 17.3. The Morgan fingerprint density at radius 1 is 0.684 bits per heavy atom. The zero-order valence-corrected chi connectivity index (χ0v) is 28.1. The van der Waals surface area contributed by atoms with Gasteiger partial charge in [0.15, 0.2) is 0 Å². The molecule has 6 rings (SSSR count). The molecule has 0 heterocycles. The predicted molar refractivity (Wildman–Crippen MR) is 157 cm³/mol. The van der Waals surface area contributed by atoms with E-state index in [2.05, 4.69) is 141 Å². The molecule has 0 unspecified atom stereocenters. The molecule has 0 spiro atoms. The molecule has 0 saturated carbocycles. The Balaban J connectivity index is 0.000000219. The van der Waals surface area contributed by atoms with Crippen molar-refractivity contribution in [1.82, 2.24) is 0 Å². The van der Waals surface area contributed by atoms with Gasteiger partial charge in [0.05, 0.1) is 8.07 Å². The van der Waals surface area contributed by atoms with E-state index in [0.29, 0.717) is 0 Å². The van der Waals surface area contributed by atoms with E-state index in [1.54, 1.807) is 5.20 Å². The van der Waals surface area contributed by atoms with Crippen molar-refractivity contribution in [2.24, 2.45) is 0 Å². The summed E-state index contributed by atoms with van der Waals surface area (Å²) in [5.74, 6) is 0. The van der Waals surface area contributed by atoms with Crippen LogP contribution >= 0.6 is 0 Å². The zero-order valence-electron chi connectivity index (χ0n) is 22.0. The van der Waals surface area contributed by atoms with E-state index in [1.807, 2.05) is 0 Å². The number of benzene rings is 4. The molecule has 0 aromatic heterocycles. The molecule has 5 aromatic rings. The van der Waals surface area contributed by atoms with Crippen LogP contribution in [0.2, 0.25) is 19.6 Å². The fraction of sp³-hybridized carbons (Fsp3) is 0.118. The predicted octanol–water partition coefficient (Wildman–Crippen LogP) is 3.11. The van der Waals surface area contributed by atoms with Gasteiger partial charge in [0.25, 0.3) is 0 Å². The molecule has 0 aliphatic heterocycles. The van der Waals surface area contributed by atoms with Crippen molar-refractivity contribution >= 4 is 38.4 Å². The number of halogens is 2. The second kappa shape index (κ2) is 13.2. The molecule has 0 nitrogen and oxygen atoms in total. The molecule has 0 fully saturated rings. The molecule has 38 heavy (non-hydrogen) atoms. The summed E-state index contributed by atoms with van der Waals surface area (Å²) in [5, 5.41) is 7.10. The quantitative estimate of drug-likeness (QED) is 0.198. The summed E-state index contributed by atoms with van der Waals surface area (Å²) in [6, 6.07) is 39.0. The SMILES string of the molecule is C[Si](C)(C)C1=CCC(c2cccc3c2[cH-]c2ccccc23)=C1.[Cl-].[Cl-].[Hf+2]=[C](c1ccccc1)c1ccccc1. The molecule has 1 aliphatic carbocycles. The first kappa shape index (κ1) is 30.3. The minimum atomic E-state index is -1.21. The molecule has 0 amide bonds. The second-order valence-electron chi connectivity index (χ2n) is 10.4. The number of hydrogen-bond donors (Lipinski definition) is 0. The number of rotatable bonds is 4. The molecule has 0 N–H and O–H groups in total. The van der Waals surface area contributed by atoms with Crippen molar-refractivity contribution in [2.45, 2.75) is 26.1 Å². The summed E-state index contributed by atoms with van der Waals surface area (Å²) in [7, 11) is -1.21. The van der Waals surface area contributed by atoms with Crippen molar-refractivity contribution in [3.05, 3.63) is 143 Å². The van der Waals surface area contributed by atoms with E-state index in [0.717, 1.165) is 30.3 Å². The van der Waals surface area contributed by atoms with Crippen molar-refractivity contribution in [2.75, 3.05) is 0 Å². The van der Waals surface area contributed by atoms with E-state index < -0.39 is 8.07 Å². The van der Waals surface area contributed by atoms with Crippen LogP contribution < -0.4 is 24.8 Å². The number of allylic oxidation sites excluding steroid dienone is 4. The van der Waals surface area contributed by atoms with Gasteiger partial charge in [-0.3, -0.25) is 0 Å². The molecule has 0 bridgehead atoms. The zero-order chi connectivity index (χ0) is 25.1. The molecule has 190 valence electrons. The summed E-state index contributed by atoms with van der Waals surface area (Å²) in [6.45, 7) is 7.28. The van der Waals surface area contributed by atoms with Gasteiger partial charge < -0.3 is 24.8 Å². The van der Waals surface area contributed by atoms with Gasteiger partial charge in [0.1, 0.15) is 0 Å². The fourth-order valence-corrected chi connectivity index (χ4v) is 7.39. The Labute approximate surface area is 254 Å². The summed E-state index contributed by atoms with van der Waals surface area (Å²) < 4.78 is 1.46. The van der Waals surface area contributed by atoms with Crippen LogP contribution in [-0.2, 0) is 23.9 Å². The summed E-state index contributed by atoms with van der Waals surface area (Å²) in [5.41, 5.74) is 5.60. The van der Waals surface area contributed by atoms with Crippen LogP contribution in [0.4, 0.5) is 0 Å². The van der Waals surface area contributed by atoms with Crippen molar-refractivity contribution in [3.63, 3.8) is 0 Å². The molecule has 0 radical (unpaired) electrons. The number of fused-ring (bicyclic) bond motifs is 3. The van der Waals surface area contributed by atoms with Crippen LogP contribution in [0.1, 0.15) is 23.1 Å². The molecule has 4 heteroatoms. The maximum absolute atomic E-state index is 2.46. The minimum absolute atomic E-state index is 0. The van der Waals surface area contributed by atoms with Crippen LogP contribution in [0, 0.1) is 0 Å². The molecular formula is C34H31Cl2HfSi-. The third-order valence-corrected chi connectivity index (χ3v) is 11.0. The van der Waals surface area contributed by atoms with Crippen molar-refractivity contribution in [3.8, 4) is 0 Å². The number of hydrogen-bond acceptors (Lipinski definition) is 0. The Bertz CT molecular complexity index is 1550. The van der Waals surface area contributed by atoms with Crippen molar-refractivity contribution in [1.29, 1.82) is 0 Å². The third-order valence-electron chi connectivity index (χ3n) is 6.87. The van der Waals surface area contributed by atoms with Gasteiger partial charge in [-0.25, -0.2) is 0 Å². The van der Waals surface area contributed by atoms with Gasteiger partial charge in [-0.05, 0) is 6.42 Å². The normalized spacial score (nSPS) is 12.6. The van der Waals surface area contributed by atoms with Gasteiger partial charge in [-0.15, -0.1) is 33.7 Å². The average Bonchev–Trinajstić information content (AvgIpc) is 3.55. The standard InChI is InChI=1S/C21H21Si.C13H10.2ClH.Hf/c1-22(2,3)17-12-11-16(13-17)19-9-6-10-20-18-8-5-4-7-15(18)14-21(19)20;1-3-7-12(8-4-1)11-13-9-5-2-6-10-13;;;/h4-10,12-14H,11H2,1-3H3;1-10H;2*1H;/q-1;;;;+2/p-2. The van der Waals surface area contributed by atoms with Gasteiger partial charge in [0.2, 0.25) is 0 Å². The topological polar surface area (TPSA) is 0 Å². The van der Waals surface area contributed by atoms with Gasteiger partial charge in [-0.2, -0.15) is 0 Å². The van der Waals surface area contributed by atoms with Gasteiger partial charge in [0, 0.05) is 0 Å². The Hall–Kier alpha value is -2.23. The molecule has 1 aliphatic rings. The van der Waals surface area contributed by atoms with Crippen LogP contribution in [0.5, 0.6) is 0 Å². The van der Waals surface area contributed by atoms with Crippen LogP contribution in [-0.4, -0.2) is 11.3 Å². The molecule has 5 aromatic carbocycles. The summed E-state index contributed by atoms with van der Waals surface area (Å²) >= 11 is 1.08. The first-order valence-electron chi connectivity index (χ1n) is 12.6. The molecule has 0 saturated heterocycles. The van der Waals surface area contributed by atoms with E-state index in [-0.39, 0.29) is 24.8 Å². The molecule has 0 atom stereocenters.